The normalized spacial score (nSPS) is 13.3. The molecule has 6 N–H and O–H groups in total. The van der Waals surface area contributed by atoms with Gasteiger partial charge in [0.15, 0.2) is 0 Å². The number of carboxylic acids is 1. The van der Waals surface area contributed by atoms with Crippen LogP contribution in [0.15, 0.2) is 28.7 Å². The molecule has 0 heterocycles. The summed E-state index contributed by atoms with van der Waals surface area (Å²) < 4.78 is 0.775. The van der Waals surface area contributed by atoms with E-state index in [4.69, 9.17) is 5.73 Å². The molecule has 0 saturated heterocycles. The molecule has 0 saturated carbocycles. The first-order chi connectivity index (χ1) is 15.0. The maximum absolute atomic E-state index is 12.8. The number of primary amides is 1. The molecule has 0 radical (unpaired) electrons. The third kappa shape index (κ3) is 9.90. The van der Waals surface area contributed by atoms with E-state index < -0.39 is 54.1 Å². The number of unbranched alkanes of at least 4 members (excludes halogenated alkanes) is 1. The first-order valence-corrected chi connectivity index (χ1v) is 11.0. The molecule has 1 aromatic carbocycles. The van der Waals surface area contributed by atoms with Gasteiger partial charge >= 0.3 is 5.97 Å². The van der Waals surface area contributed by atoms with E-state index in [1.165, 1.54) is 6.92 Å². The average molecular weight is 513 g/mol. The molecular weight excluding hydrogens is 484 g/mol. The Labute approximate surface area is 194 Å². The Kier molecular flexibility index (Phi) is 11.4. The van der Waals surface area contributed by atoms with Crippen LogP contribution in [0.4, 0.5) is 0 Å². The van der Waals surface area contributed by atoms with Crippen molar-refractivity contribution in [3.8, 4) is 0 Å². The van der Waals surface area contributed by atoms with Gasteiger partial charge in [0.25, 0.3) is 0 Å². The molecule has 1 aromatic rings. The van der Waals surface area contributed by atoms with Gasteiger partial charge in [-0.2, -0.15) is 0 Å². The Morgan fingerprint density at radius 2 is 1.66 bits per heavy atom. The van der Waals surface area contributed by atoms with Crippen LogP contribution in [0.2, 0.25) is 0 Å². The van der Waals surface area contributed by atoms with Crippen LogP contribution in [-0.4, -0.2) is 52.8 Å². The molecular formula is C21H29BrN4O6. The molecule has 0 spiro atoms. The molecule has 11 heteroatoms. The molecule has 176 valence electrons. The second kappa shape index (κ2) is 13.5. The minimum atomic E-state index is -1.46. The third-order valence-corrected chi connectivity index (χ3v) is 5.03. The van der Waals surface area contributed by atoms with E-state index in [0.29, 0.717) is 18.4 Å². The molecule has 0 aliphatic rings. The van der Waals surface area contributed by atoms with Gasteiger partial charge in [0.1, 0.15) is 18.1 Å². The lowest BCUT2D eigenvalue weighted by atomic mass is 10.0. The number of halogens is 1. The number of amides is 4. The van der Waals surface area contributed by atoms with Crippen LogP contribution in [0.1, 0.15) is 45.1 Å². The summed E-state index contributed by atoms with van der Waals surface area (Å²) in [5.41, 5.74) is 6.13. The van der Waals surface area contributed by atoms with Crippen LogP contribution >= 0.6 is 15.9 Å². The second-order valence-corrected chi connectivity index (χ2v) is 8.27. The van der Waals surface area contributed by atoms with E-state index in [1.807, 2.05) is 6.92 Å². The number of hydrogen-bond donors (Lipinski definition) is 5. The van der Waals surface area contributed by atoms with E-state index >= 15 is 0 Å². The van der Waals surface area contributed by atoms with Crippen LogP contribution in [0, 0.1) is 0 Å². The summed E-state index contributed by atoms with van der Waals surface area (Å²) >= 11 is 3.32. The number of carboxylic acid groups (broad SMARTS) is 1. The highest BCUT2D eigenvalue weighted by Gasteiger charge is 2.30. The lowest BCUT2D eigenvalue weighted by molar-refractivity contribution is -0.141. The number of nitrogens with one attached hydrogen (secondary N) is 3. The fraction of sp³-hybridized carbons (Fsp3) is 0.476. The van der Waals surface area contributed by atoms with Gasteiger partial charge in [-0.3, -0.25) is 24.0 Å². The van der Waals surface area contributed by atoms with Gasteiger partial charge in [0.2, 0.25) is 23.6 Å². The molecule has 4 amide bonds. The lowest BCUT2D eigenvalue weighted by Crippen LogP contribution is -2.57. The minimum absolute atomic E-state index is 0.0826. The van der Waals surface area contributed by atoms with E-state index in [9.17, 15) is 29.1 Å². The molecule has 1 rings (SSSR count). The van der Waals surface area contributed by atoms with Crippen LogP contribution in [0.5, 0.6) is 0 Å². The molecule has 3 atom stereocenters. The van der Waals surface area contributed by atoms with E-state index in [2.05, 4.69) is 31.9 Å². The number of carbonyl (C=O) groups is 5. The number of rotatable bonds is 13. The van der Waals surface area contributed by atoms with Crippen molar-refractivity contribution in [3.05, 3.63) is 34.3 Å². The van der Waals surface area contributed by atoms with E-state index in [0.717, 1.165) is 10.9 Å². The predicted molar refractivity (Wildman–Crippen MR) is 120 cm³/mol. The summed E-state index contributed by atoms with van der Waals surface area (Å²) in [6.45, 7) is 3.17. The summed E-state index contributed by atoms with van der Waals surface area (Å²) in [5.74, 6) is -4.10. The van der Waals surface area contributed by atoms with Crippen molar-refractivity contribution in [3.63, 3.8) is 0 Å². The highest BCUT2D eigenvalue weighted by atomic mass is 79.9. The zero-order chi connectivity index (χ0) is 24.3. The van der Waals surface area contributed by atoms with Crippen molar-refractivity contribution in [1.29, 1.82) is 0 Å². The molecule has 0 aromatic heterocycles. The average Bonchev–Trinajstić information content (AvgIpc) is 2.69. The number of benzene rings is 1. The largest absolute Gasteiger partial charge is 0.481 e. The van der Waals surface area contributed by atoms with Crippen molar-refractivity contribution in [2.45, 2.75) is 64.1 Å². The summed E-state index contributed by atoms with van der Waals surface area (Å²) in [5, 5.41) is 16.5. The van der Waals surface area contributed by atoms with Crippen molar-refractivity contribution < 1.29 is 29.1 Å². The summed E-state index contributed by atoms with van der Waals surface area (Å²) in [6.07, 6.45) is 1.12. The Morgan fingerprint density at radius 3 is 2.19 bits per heavy atom. The van der Waals surface area contributed by atoms with Gasteiger partial charge in [0, 0.05) is 17.8 Å². The molecule has 32 heavy (non-hydrogen) atoms. The highest BCUT2D eigenvalue weighted by Crippen LogP contribution is 2.13. The third-order valence-electron chi connectivity index (χ3n) is 4.54. The monoisotopic (exact) mass is 512 g/mol. The fourth-order valence-corrected chi connectivity index (χ4v) is 3.42. The standard InChI is InChI=1S/C21H29BrN4O6/c1-3-4-8-15(24-12(2)27)20(31)26-17(11-18(28)29)21(32)25-16(19(23)30)10-13-6-5-7-14(22)9-13/h5-7,9,15-17H,3-4,8,10-11H2,1-2H3,(H2,23,30)(H,24,27)(H,25,32)(H,26,31)(H,28,29)/t15-,16-,17-/m0/s1. The van der Waals surface area contributed by atoms with Crippen LogP contribution < -0.4 is 21.7 Å². The first kappa shape index (κ1) is 27.1. The zero-order valence-electron chi connectivity index (χ0n) is 18.0. The summed E-state index contributed by atoms with van der Waals surface area (Å²) in [6, 6.07) is 3.57. The van der Waals surface area contributed by atoms with Gasteiger partial charge in [-0.25, -0.2) is 0 Å². The second-order valence-electron chi connectivity index (χ2n) is 7.35. The Bertz CT molecular complexity index is 847. The quantitative estimate of drug-likeness (QED) is 0.259. The lowest BCUT2D eigenvalue weighted by Gasteiger charge is -2.24. The van der Waals surface area contributed by atoms with Gasteiger partial charge in [-0.15, -0.1) is 0 Å². The highest BCUT2D eigenvalue weighted by molar-refractivity contribution is 9.10. The molecule has 0 fully saturated rings. The maximum atomic E-state index is 12.8. The van der Waals surface area contributed by atoms with Crippen LogP contribution in [-0.2, 0) is 30.4 Å². The van der Waals surface area contributed by atoms with Crippen LogP contribution in [0.25, 0.3) is 0 Å². The topological polar surface area (TPSA) is 168 Å². The number of nitrogens with two attached hydrogens (primary N) is 1. The maximum Gasteiger partial charge on any atom is 0.305 e. The Hall–Kier alpha value is -2.95. The van der Waals surface area contributed by atoms with E-state index in [-0.39, 0.29) is 6.42 Å². The van der Waals surface area contributed by atoms with Crippen molar-refractivity contribution >= 4 is 45.5 Å². The van der Waals surface area contributed by atoms with Crippen molar-refractivity contribution in [2.75, 3.05) is 0 Å². The molecule has 0 aliphatic carbocycles. The fourth-order valence-electron chi connectivity index (χ4n) is 2.97. The van der Waals surface area contributed by atoms with Crippen molar-refractivity contribution in [2.24, 2.45) is 5.73 Å². The number of hydrogen-bond acceptors (Lipinski definition) is 5. The number of aliphatic carboxylic acids is 1. The SMILES string of the molecule is CCCC[C@H](NC(C)=O)C(=O)N[C@@H](CC(=O)O)C(=O)N[C@@H](Cc1cccc(Br)c1)C(N)=O. The molecule has 0 unspecified atom stereocenters. The summed E-state index contributed by atoms with van der Waals surface area (Å²) in [7, 11) is 0. The molecule has 10 nitrogen and oxygen atoms in total. The van der Waals surface area contributed by atoms with Gasteiger partial charge in [-0.05, 0) is 24.1 Å². The zero-order valence-corrected chi connectivity index (χ0v) is 19.6. The predicted octanol–water partition coefficient (Wildman–Crippen LogP) is 0.616. The van der Waals surface area contributed by atoms with Crippen molar-refractivity contribution in [1.82, 2.24) is 16.0 Å². The first-order valence-electron chi connectivity index (χ1n) is 10.2. The molecule has 0 bridgehead atoms. The van der Waals surface area contributed by atoms with Gasteiger partial charge in [-0.1, -0.05) is 47.8 Å². The smallest absolute Gasteiger partial charge is 0.305 e. The summed E-state index contributed by atoms with van der Waals surface area (Å²) in [4.78, 5) is 60.0. The minimum Gasteiger partial charge on any atom is -0.481 e. The van der Waals surface area contributed by atoms with E-state index in [1.54, 1.807) is 24.3 Å². The Balaban J connectivity index is 2.96. The van der Waals surface area contributed by atoms with Gasteiger partial charge < -0.3 is 26.8 Å². The molecule has 0 aliphatic heterocycles. The Morgan fingerprint density at radius 1 is 1.03 bits per heavy atom. The van der Waals surface area contributed by atoms with Gasteiger partial charge in [0.05, 0.1) is 6.42 Å². The van der Waals surface area contributed by atoms with Crippen LogP contribution in [0.3, 0.4) is 0 Å². The number of carbonyl (C=O) groups excluding carboxylic acids is 4.